The summed E-state index contributed by atoms with van der Waals surface area (Å²) in [5.74, 6) is -0.235. The second kappa shape index (κ2) is 11.4. The van der Waals surface area contributed by atoms with Gasteiger partial charge in [-0.05, 0) is 51.5 Å². The Morgan fingerprint density at radius 3 is 2.03 bits per heavy atom. The Balaban J connectivity index is 2.64. The van der Waals surface area contributed by atoms with Crippen LogP contribution in [0.3, 0.4) is 0 Å². The summed E-state index contributed by atoms with van der Waals surface area (Å²) in [6.45, 7) is 7.35. The van der Waals surface area contributed by atoms with E-state index in [1.807, 2.05) is 0 Å². The Hall–Kier alpha value is -1.01. The van der Waals surface area contributed by atoms with Crippen molar-refractivity contribution < 1.29 is 25.2 Å². The lowest BCUT2D eigenvalue weighted by Gasteiger charge is -2.18. The largest absolute Gasteiger partial charge is 0.282 e. The minimum absolute atomic E-state index is 0.197. The van der Waals surface area contributed by atoms with Gasteiger partial charge in [0.1, 0.15) is 0 Å². The molecule has 1 aromatic carbocycles. The lowest BCUT2D eigenvalue weighted by Crippen LogP contribution is -2.32. The maximum Gasteiger partial charge on any atom is 0.262 e. The SMILES string of the molecule is CCCCCCCCS(=O)(=O)NS(=O)(=O)c1ccc(NS(=O)OC(C)(C)C)cc1. The van der Waals surface area contributed by atoms with E-state index in [9.17, 15) is 21.0 Å². The smallest absolute Gasteiger partial charge is 0.262 e. The summed E-state index contributed by atoms with van der Waals surface area (Å²) in [6, 6.07) is 5.25. The van der Waals surface area contributed by atoms with E-state index in [1.165, 1.54) is 24.3 Å². The predicted octanol–water partition coefficient (Wildman–Crippen LogP) is 3.46. The van der Waals surface area contributed by atoms with Crippen LogP contribution in [-0.4, -0.2) is 32.4 Å². The zero-order valence-electron chi connectivity index (χ0n) is 17.4. The molecule has 0 saturated carbocycles. The van der Waals surface area contributed by atoms with Gasteiger partial charge in [0.05, 0.1) is 16.2 Å². The molecule has 0 bridgehead atoms. The van der Waals surface area contributed by atoms with Gasteiger partial charge >= 0.3 is 0 Å². The van der Waals surface area contributed by atoms with Crippen LogP contribution in [0.25, 0.3) is 0 Å². The first kappa shape index (κ1) is 26.0. The molecular formula is C18H32N2O6S3. The fraction of sp³-hybridized carbons (Fsp3) is 0.667. The second-order valence-corrected chi connectivity index (χ2v) is 12.4. The van der Waals surface area contributed by atoms with Crippen LogP contribution in [0, 0.1) is 0 Å². The van der Waals surface area contributed by atoms with E-state index >= 15 is 0 Å². The molecule has 0 aliphatic carbocycles. The van der Waals surface area contributed by atoms with Crippen molar-refractivity contribution in [3.05, 3.63) is 24.3 Å². The number of hydrogen-bond acceptors (Lipinski definition) is 6. The number of unbranched alkanes of at least 4 members (excludes halogenated alkanes) is 5. The number of nitrogens with one attached hydrogen (secondary N) is 2. The molecular weight excluding hydrogens is 436 g/mol. The standard InChI is InChI=1S/C18H32N2O6S3/c1-5-6-7-8-9-10-15-28(22,23)20-29(24,25)17-13-11-16(12-14-17)19-27(21)26-18(2,3)4/h11-14,19-20H,5-10,15H2,1-4H3. The van der Waals surface area contributed by atoms with Crippen molar-refractivity contribution in [2.75, 3.05) is 10.5 Å². The highest BCUT2D eigenvalue weighted by atomic mass is 32.3. The highest BCUT2D eigenvalue weighted by molar-refractivity contribution is 8.04. The van der Waals surface area contributed by atoms with Crippen molar-refractivity contribution in [1.82, 2.24) is 4.13 Å². The van der Waals surface area contributed by atoms with Crippen molar-refractivity contribution in [2.45, 2.75) is 76.7 Å². The second-order valence-electron chi connectivity index (χ2n) is 7.73. The lowest BCUT2D eigenvalue weighted by atomic mass is 10.1. The highest BCUT2D eigenvalue weighted by Crippen LogP contribution is 2.17. The molecule has 1 rings (SSSR count). The normalized spacial score (nSPS) is 13.9. The molecule has 0 aromatic heterocycles. The Labute approximate surface area is 177 Å². The van der Waals surface area contributed by atoms with Crippen molar-refractivity contribution in [3.63, 3.8) is 0 Å². The Morgan fingerprint density at radius 1 is 0.931 bits per heavy atom. The molecule has 0 aliphatic rings. The van der Waals surface area contributed by atoms with Crippen LogP contribution in [-0.2, 0) is 35.5 Å². The minimum atomic E-state index is -4.22. The van der Waals surface area contributed by atoms with Gasteiger partial charge in [0, 0.05) is 5.69 Å². The first-order valence-electron chi connectivity index (χ1n) is 9.59. The Kier molecular flexibility index (Phi) is 10.2. The predicted molar refractivity (Wildman–Crippen MR) is 117 cm³/mol. The maximum atomic E-state index is 12.3. The monoisotopic (exact) mass is 468 g/mol. The van der Waals surface area contributed by atoms with E-state index in [0.717, 1.165) is 32.1 Å². The van der Waals surface area contributed by atoms with Gasteiger partial charge in [0.2, 0.25) is 10.0 Å². The molecule has 1 atom stereocenters. The molecule has 1 aromatic rings. The molecule has 1 unspecified atom stereocenters. The number of benzene rings is 1. The molecule has 0 radical (unpaired) electrons. The number of rotatable bonds is 13. The third-order valence-electron chi connectivity index (χ3n) is 3.69. The zero-order chi connectivity index (χ0) is 22.1. The van der Waals surface area contributed by atoms with Gasteiger partial charge < -0.3 is 0 Å². The third-order valence-corrected chi connectivity index (χ3v) is 8.36. The molecule has 0 spiro atoms. The van der Waals surface area contributed by atoms with Crippen molar-refractivity contribution in [1.29, 1.82) is 0 Å². The van der Waals surface area contributed by atoms with Gasteiger partial charge in [-0.2, -0.15) is 0 Å². The first-order valence-corrected chi connectivity index (χ1v) is 13.8. The van der Waals surface area contributed by atoms with Gasteiger partial charge in [0.25, 0.3) is 21.3 Å². The number of hydrogen-bond donors (Lipinski definition) is 2. The molecule has 29 heavy (non-hydrogen) atoms. The average Bonchev–Trinajstić information content (AvgIpc) is 2.55. The van der Waals surface area contributed by atoms with Gasteiger partial charge in [-0.1, -0.05) is 39.0 Å². The summed E-state index contributed by atoms with van der Waals surface area (Å²) in [7, 11) is -8.17. The maximum absolute atomic E-state index is 12.3. The van der Waals surface area contributed by atoms with Gasteiger partial charge in [0.15, 0.2) is 0 Å². The molecule has 8 nitrogen and oxygen atoms in total. The van der Waals surface area contributed by atoms with Gasteiger partial charge in [-0.3, -0.25) is 8.91 Å². The van der Waals surface area contributed by atoms with Crippen molar-refractivity contribution in [3.8, 4) is 0 Å². The quantitative estimate of drug-likeness (QED) is 0.428. The van der Waals surface area contributed by atoms with E-state index < -0.39 is 36.9 Å². The molecule has 0 saturated heterocycles. The number of anilines is 1. The van der Waals surface area contributed by atoms with E-state index in [2.05, 4.69) is 11.6 Å². The van der Waals surface area contributed by atoms with Crippen molar-refractivity contribution >= 4 is 37.0 Å². The molecule has 168 valence electrons. The summed E-state index contributed by atoms with van der Waals surface area (Å²) < 4.78 is 70.3. The fourth-order valence-electron chi connectivity index (χ4n) is 2.38. The van der Waals surface area contributed by atoms with Gasteiger partial charge in [-0.25, -0.2) is 21.0 Å². The molecule has 0 aliphatic heterocycles. The van der Waals surface area contributed by atoms with Gasteiger partial charge in [-0.15, -0.1) is 4.13 Å². The molecule has 2 N–H and O–H groups in total. The molecule has 0 amide bonds. The summed E-state index contributed by atoms with van der Waals surface area (Å²) in [6.07, 6.45) is 5.36. The van der Waals surface area contributed by atoms with Crippen molar-refractivity contribution in [2.24, 2.45) is 0 Å². The summed E-state index contributed by atoms with van der Waals surface area (Å²) in [4.78, 5) is -0.197. The third kappa shape index (κ3) is 11.1. The number of sulfonamides is 2. The van der Waals surface area contributed by atoms with Crippen LogP contribution in [0.5, 0.6) is 0 Å². The first-order chi connectivity index (χ1) is 13.3. The fourth-order valence-corrected chi connectivity index (χ4v) is 6.33. The van der Waals surface area contributed by atoms with Crippen LogP contribution in [0.2, 0.25) is 0 Å². The Bertz CT molecular complexity index is 860. The zero-order valence-corrected chi connectivity index (χ0v) is 19.9. The van der Waals surface area contributed by atoms with E-state index in [-0.39, 0.29) is 10.6 Å². The summed E-state index contributed by atoms with van der Waals surface area (Å²) in [5, 5.41) is 0. The van der Waals surface area contributed by atoms with Crippen LogP contribution in [0.1, 0.15) is 66.2 Å². The average molecular weight is 469 g/mol. The topological polar surface area (TPSA) is 119 Å². The van der Waals surface area contributed by atoms with Crippen LogP contribution in [0.4, 0.5) is 5.69 Å². The molecule has 0 heterocycles. The Morgan fingerprint density at radius 2 is 1.48 bits per heavy atom. The summed E-state index contributed by atoms with van der Waals surface area (Å²) >= 11 is -1.80. The lowest BCUT2D eigenvalue weighted by molar-refractivity contribution is 0.153. The highest BCUT2D eigenvalue weighted by Gasteiger charge is 2.22. The molecule has 0 fully saturated rings. The summed E-state index contributed by atoms with van der Waals surface area (Å²) in [5.41, 5.74) is -0.239. The van der Waals surface area contributed by atoms with E-state index in [4.69, 9.17) is 4.18 Å². The van der Waals surface area contributed by atoms with E-state index in [0.29, 0.717) is 12.1 Å². The van der Waals surface area contributed by atoms with E-state index in [1.54, 1.807) is 24.9 Å². The minimum Gasteiger partial charge on any atom is -0.282 e. The molecule has 11 heteroatoms. The van der Waals surface area contributed by atoms with Crippen LogP contribution in [0.15, 0.2) is 29.2 Å². The van der Waals surface area contributed by atoms with Crippen LogP contribution < -0.4 is 8.85 Å². The van der Waals surface area contributed by atoms with Crippen LogP contribution >= 0.6 is 0 Å².